The number of carbonyl (C=O) groups is 2. The molecule has 11 heteroatoms. The summed E-state index contributed by atoms with van der Waals surface area (Å²) in [6, 6.07) is -1.05. The SMILES string of the molecule is CCCCC/C=C\C/C=C\C/C=C\C/C=C\CCCCC(O)C(=O)NC(COC1OC(CO)C(O)C(O)C1OC(=O)CCCCCCCC/C=C\C/C=C\C/C=C\CCCCC)C(O)/C=C/CCCCCCCCCCCC. The van der Waals surface area contributed by atoms with Crippen LogP contribution in [0.15, 0.2) is 97.2 Å². The molecule has 0 aliphatic carbocycles. The topological polar surface area (TPSA) is 175 Å². The Morgan fingerprint density at radius 2 is 0.885 bits per heavy atom. The minimum absolute atomic E-state index is 0.100. The van der Waals surface area contributed by atoms with Crippen LogP contribution in [0.3, 0.4) is 0 Å². The van der Waals surface area contributed by atoms with E-state index < -0.39 is 67.4 Å². The van der Waals surface area contributed by atoms with Crippen molar-refractivity contribution in [1.29, 1.82) is 0 Å². The maximum absolute atomic E-state index is 13.4. The number of esters is 1. The Labute approximate surface area is 475 Å². The van der Waals surface area contributed by atoms with Crippen LogP contribution in [0.25, 0.3) is 0 Å². The lowest BCUT2D eigenvalue weighted by Crippen LogP contribution is -2.61. The van der Waals surface area contributed by atoms with Gasteiger partial charge in [-0.15, -0.1) is 0 Å². The Balaban J connectivity index is 2.72. The van der Waals surface area contributed by atoms with Crippen LogP contribution in [-0.2, 0) is 23.8 Å². The maximum atomic E-state index is 13.4. The number of aliphatic hydroxyl groups excluding tert-OH is 5. The van der Waals surface area contributed by atoms with Gasteiger partial charge < -0.3 is 45.1 Å². The number of unbranched alkanes of at least 4 members (excludes halogenated alkanes) is 24. The summed E-state index contributed by atoms with van der Waals surface area (Å²) in [5.41, 5.74) is 0. The Hall–Kier alpha value is -3.42. The maximum Gasteiger partial charge on any atom is 0.306 e. The molecule has 1 aliphatic rings. The number of hydrogen-bond donors (Lipinski definition) is 6. The first-order valence-electron chi connectivity index (χ1n) is 31.5. The lowest BCUT2D eigenvalue weighted by atomic mass is 9.99. The number of hydrogen-bond acceptors (Lipinski definition) is 10. The molecule has 1 heterocycles. The number of allylic oxidation sites excluding steroid dienone is 15. The number of aliphatic hydroxyl groups is 5. The van der Waals surface area contributed by atoms with Gasteiger partial charge in [-0.25, -0.2) is 0 Å². The third-order valence-corrected chi connectivity index (χ3v) is 14.2. The number of nitrogens with one attached hydrogen (secondary N) is 1. The van der Waals surface area contributed by atoms with Crippen molar-refractivity contribution in [2.24, 2.45) is 0 Å². The Bertz CT molecular complexity index is 1630. The van der Waals surface area contributed by atoms with Crippen LogP contribution in [0.1, 0.15) is 252 Å². The molecule has 78 heavy (non-hydrogen) atoms. The van der Waals surface area contributed by atoms with E-state index in [0.717, 1.165) is 116 Å². The van der Waals surface area contributed by atoms with E-state index in [1.165, 1.54) is 89.9 Å². The van der Waals surface area contributed by atoms with Crippen LogP contribution >= 0.6 is 0 Å². The molecular weight excluding hydrogens is 979 g/mol. The van der Waals surface area contributed by atoms with Gasteiger partial charge in [-0.3, -0.25) is 9.59 Å². The molecular formula is C67H115NO10. The fourth-order valence-electron chi connectivity index (χ4n) is 9.17. The smallest absolute Gasteiger partial charge is 0.306 e. The summed E-state index contributed by atoms with van der Waals surface area (Å²) in [7, 11) is 0. The molecule has 8 atom stereocenters. The highest BCUT2D eigenvalue weighted by atomic mass is 16.7. The van der Waals surface area contributed by atoms with Crippen molar-refractivity contribution in [3.63, 3.8) is 0 Å². The van der Waals surface area contributed by atoms with Gasteiger partial charge in [-0.2, -0.15) is 0 Å². The van der Waals surface area contributed by atoms with Crippen LogP contribution in [0.2, 0.25) is 0 Å². The molecule has 0 saturated carbocycles. The van der Waals surface area contributed by atoms with Gasteiger partial charge in [0.25, 0.3) is 0 Å². The van der Waals surface area contributed by atoms with Crippen molar-refractivity contribution in [1.82, 2.24) is 5.32 Å². The van der Waals surface area contributed by atoms with Crippen LogP contribution in [0.5, 0.6) is 0 Å². The highest BCUT2D eigenvalue weighted by Crippen LogP contribution is 2.26. The standard InChI is InChI=1S/C67H115NO10/c1-4-7-10-13-16-19-22-25-27-29-31-33-35-37-40-43-46-49-52-55-62(72)78-65-64(74)63(73)61(56-69)77-67(65)76-57-58(59(70)53-50-47-44-41-38-24-21-18-15-12-9-6-3)68-66(75)60(71)54-51-48-45-42-39-36-34-32-30-28-26-23-20-17-14-11-8-5-2/h16-17,19-20,25-28,31-34,39,42,50,53,58-61,63-65,67,69-71,73-74H,4-15,18,21-24,29-30,35-38,40-41,43-49,51-52,54-57H2,1-3H3,(H,68,75)/b19-16-,20-17-,27-25-,28-26-,33-31-,34-32-,42-39-,53-50+. The zero-order valence-electron chi connectivity index (χ0n) is 49.5. The van der Waals surface area contributed by atoms with E-state index in [9.17, 15) is 35.1 Å². The van der Waals surface area contributed by atoms with Gasteiger partial charge in [-0.1, -0.05) is 234 Å². The average Bonchev–Trinajstić information content (AvgIpc) is 3.44. The van der Waals surface area contributed by atoms with Gasteiger partial charge in [0.05, 0.1) is 25.4 Å². The lowest BCUT2D eigenvalue weighted by Gasteiger charge is -2.41. The molecule has 0 spiro atoms. The average molecular weight is 1090 g/mol. The molecule has 6 N–H and O–H groups in total. The van der Waals surface area contributed by atoms with E-state index in [2.05, 4.69) is 111 Å². The fraction of sp³-hybridized carbons (Fsp3) is 0.731. The number of ether oxygens (including phenoxy) is 3. The van der Waals surface area contributed by atoms with Crippen molar-refractivity contribution in [2.75, 3.05) is 13.2 Å². The van der Waals surface area contributed by atoms with Crippen LogP contribution in [0, 0.1) is 0 Å². The molecule has 0 aromatic carbocycles. The summed E-state index contributed by atoms with van der Waals surface area (Å²) in [6.45, 7) is 5.70. The van der Waals surface area contributed by atoms with Crippen molar-refractivity contribution < 1.29 is 49.3 Å². The van der Waals surface area contributed by atoms with Crippen LogP contribution < -0.4 is 5.32 Å². The molecule has 1 fully saturated rings. The fourth-order valence-corrected chi connectivity index (χ4v) is 9.17. The highest BCUT2D eigenvalue weighted by Gasteiger charge is 2.47. The third kappa shape index (κ3) is 41.6. The first kappa shape index (κ1) is 72.6. The second-order valence-electron chi connectivity index (χ2n) is 21.4. The zero-order valence-corrected chi connectivity index (χ0v) is 49.5. The Morgan fingerprint density at radius 3 is 1.35 bits per heavy atom. The molecule has 0 aromatic heterocycles. The van der Waals surface area contributed by atoms with Gasteiger partial charge in [0, 0.05) is 6.42 Å². The largest absolute Gasteiger partial charge is 0.454 e. The van der Waals surface area contributed by atoms with Gasteiger partial charge in [-0.05, 0) is 109 Å². The predicted molar refractivity (Wildman–Crippen MR) is 324 cm³/mol. The lowest BCUT2D eigenvalue weighted by molar-refractivity contribution is -0.305. The third-order valence-electron chi connectivity index (χ3n) is 14.2. The molecule has 0 aromatic rings. The number of amides is 1. The second-order valence-corrected chi connectivity index (χ2v) is 21.4. The summed E-state index contributed by atoms with van der Waals surface area (Å²) in [5.74, 6) is -1.24. The van der Waals surface area contributed by atoms with Gasteiger partial charge in [0.15, 0.2) is 12.4 Å². The van der Waals surface area contributed by atoms with E-state index in [1.54, 1.807) is 6.08 Å². The Kier molecular flexibility index (Phi) is 50.4. The van der Waals surface area contributed by atoms with Crippen molar-refractivity contribution in [3.8, 4) is 0 Å². The zero-order chi connectivity index (χ0) is 56.8. The highest BCUT2D eigenvalue weighted by molar-refractivity contribution is 5.80. The number of carbonyl (C=O) groups excluding carboxylic acids is 2. The van der Waals surface area contributed by atoms with E-state index in [-0.39, 0.29) is 19.4 Å². The quantitative estimate of drug-likeness (QED) is 0.0195. The minimum atomic E-state index is -1.63. The normalized spacial score (nSPS) is 19.6. The molecule has 448 valence electrons. The Morgan fingerprint density at radius 1 is 0.500 bits per heavy atom. The molecule has 1 aliphatic heterocycles. The summed E-state index contributed by atoms with van der Waals surface area (Å²) >= 11 is 0. The van der Waals surface area contributed by atoms with Crippen molar-refractivity contribution in [3.05, 3.63) is 97.2 Å². The number of rotatable bonds is 52. The summed E-state index contributed by atoms with van der Waals surface area (Å²) in [5, 5.41) is 57.0. The second kappa shape index (κ2) is 54.2. The molecule has 0 radical (unpaired) electrons. The van der Waals surface area contributed by atoms with Crippen LogP contribution in [-0.4, -0.2) is 99.6 Å². The van der Waals surface area contributed by atoms with Crippen molar-refractivity contribution in [2.45, 2.75) is 301 Å². The van der Waals surface area contributed by atoms with Crippen molar-refractivity contribution >= 4 is 11.9 Å². The van der Waals surface area contributed by atoms with E-state index in [4.69, 9.17) is 14.2 Å². The summed E-state index contributed by atoms with van der Waals surface area (Å²) < 4.78 is 17.6. The summed E-state index contributed by atoms with van der Waals surface area (Å²) in [6.07, 6.45) is 61.5. The molecule has 1 amide bonds. The van der Waals surface area contributed by atoms with Crippen LogP contribution in [0.4, 0.5) is 0 Å². The van der Waals surface area contributed by atoms with Gasteiger partial charge in [0.2, 0.25) is 5.91 Å². The predicted octanol–water partition coefficient (Wildman–Crippen LogP) is 15.1. The molecule has 0 bridgehead atoms. The minimum Gasteiger partial charge on any atom is -0.454 e. The molecule has 1 saturated heterocycles. The molecule has 11 nitrogen and oxygen atoms in total. The van der Waals surface area contributed by atoms with E-state index in [1.807, 2.05) is 6.08 Å². The van der Waals surface area contributed by atoms with E-state index in [0.29, 0.717) is 12.8 Å². The van der Waals surface area contributed by atoms with E-state index >= 15 is 0 Å². The summed E-state index contributed by atoms with van der Waals surface area (Å²) in [4.78, 5) is 26.5. The molecule has 8 unspecified atom stereocenters. The first-order valence-corrected chi connectivity index (χ1v) is 31.5. The molecule has 1 rings (SSSR count). The monoisotopic (exact) mass is 1090 g/mol. The van der Waals surface area contributed by atoms with Gasteiger partial charge >= 0.3 is 5.97 Å². The van der Waals surface area contributed by atoms with Gasteiger partial charge in [0.1, 0.15) is 24.4 Å². The first-order chi connectivity index (χ1) is 38.2.